The largest absolute Gasteiger partial charge is 0.490 e. The molecule has 2 aromatic carbocycles. The molecule has 170 valence electrons. The number of ether oxygens (including phenoxy) is 2. The Bertz CT molecular complexity index is 988. The molecule has 1 aliphatic rings. The number of hydrogen-bond donors (Lipinski definition) is 1. The Labute approximate surface area is 196 Å². The molecule has 0 fully saturated rings. The van der Waals surface area contributed by atoms with Crippen LogP contribution in [0.3, 0.4) is 0 Å². The molecule has 0 saturated carbocycles. The van der Waals surface area contributed by atoms with Crippen molar-refractivity contribution in [1.82, 2.24) is 10.2 Å². The fourth-order valence-corrected chi connectivity index (χ4v) is 4.25. The van der Waals surface area contributed by atoms with E-state index < -0.39 is 0 Å². The fraction of sp³-hybridized carbons (Fsp3) is 0.385. The normalized spacial score (nSPS) is 16.1. The van der Waals surface area contributed by atoms with Gasteiger partial charge in [0.05, 0.1) is 19.3 Å². The summed E-state index contributed by atoms with van der Waals surface area (Å²) >= 11 is 5.63. The quantitative estimate of drug-likeness (QED) is 0.285. The number of ketones is 1. The lowest BCUT2D eigenvalue weighted by atomic mass is 9.89. The summed E-state index contributed by atoms with van der Waals surface area (Å²) in [6.45, 7) is 9.92. The fourth-order valence-electron chi connectivity index (χ4n) is 3.87. The molecule has 5 nitrogen and oxygen atoms in total. The molecule has 0 aliphatic carbocycles. The molecule has 0 spiro atoms. The molecule has 1 unspecified atom stereocenters. The number of nitrogens with zero attached hydrogens (tertiary/aromatic N) is 1. The van der Waals surface area contributed by atoms with Crippen LogP contribution < -0.4 is 14.8 Å². The molecule has 1 heterocycles. The van der Waals surface area contributed by atoms with E-state index >= 15 is 0 Å². The number of unbranched alkanes of at least 4 members (excludes halogenated alkanes) is 1. The Morgan fingerprint density at radius 1 is 1.06 bits per heavy atom. The average Bonchev–Trinajstić information content (AvgIpc) is 2.80. The van der Waals surface area contributed by atoms with Crippen LogP contribution >= 0.6 is 12.2 Å². The average molecular weight is 453 g/mol. The third-order valence-electron chi connectivity index (χ3n) is 5.55. The van der Waals surface area contributed by atoms with Crippen molar-refractivity contribution in [3.8, 4) is 11.5 Å². The first-order valence-electron chi connectivity index (χ1n) is 11.3. The van der Waals surface area contributed by atoms with Crippen molar-refractivity contribution in [3.63, 3.8) is 0 Å². The van der Waals surface area contributed by atoms with Gasteiger partial charge in [-0.3, -0.25) is 4.79 Å². The van der Waals surface area contributed by atoms with Crippen LogP contribution in [-0.2, 0) is 0 Å². The highest BCUT2D eigenvalue weighted by atomic mass is 32.1. The summed E-state index contributed by atoms with van der Waals surface area (Å²) in [5.74, 6) is 1.38. The standard InChI is InChI=1S/C26H32N2O3S/c1-5-8-16-31-21-15-14-20(17-22(21)30-7-3)24-23(18(4)28(6-2)26(32)27-24)25(29)19-12-10-9-11-13-19/h9-15,17,24H,5-8,16H2,1-4H3,(H,27,32). The van der Waals surface area contributed by atoms with Gasteiger partial charge in [0.1, 0.15) is 0 Å². The van der Waals surface area contributed by atoms with E-state index in [9.17, 15) is 4.79 Å². The Morgan fingerprint density at radius 3 is 2.47 bits per heavy atom. The Hall–Kier alpha value is -2.86. The molecule has 1 atom stereocenters. The number of allylic oxidation sites excluding steroid dienone is 1. The van der Waals surface area contributed by atoms with E-state index in [-0.39, 0.29) is 11.8 Å². The van der Waals surface area contributed by atoms with Crippen LogP contribution in [0.15, 0.2) is 59.8 Å². The highest BCUT2D eigenvalue weighted by Crippen LogP contribution is 2.37. The van der Waals surface area contributed by atoms with Crippen LogP contribution in [-0.4, -0.2) is 35.6 Å². The van der Waals surface area contributed by atoms with Crippen molar-refractivity contribution in [2.75, 3.05) is 19.8 Å². The zero-order valence-corrected chi connectivity index (χ0v) is 20.1. The minimum atomic E-state index is -0.373. The second-order valence-electron chi connectivity index (χ2n) is 7.66. The van der Waals surface area contributed by atoms with E-state index in [1.807, 2.05) is 74.2 Å². The molecule has 0 amide bonds. The van der Waals surface area contributed by atoms with Gasteiger partial charge in [0, 0.05) is 23.4 Å². The molecular weight excluding hydrogens is 420 g/mol. The summed E-state index contributed by atoms with van der Waals surface area (Å²) in [5, 5.41) is 4.00. The van der Waals surface area contributed by atoms with Gasteiger partial charge in [-0.15, -0.1) is 0 Å². The maximum absolute atomic E-state index is 13.6. The number of carbonyl (C=O) groups is 1. The lowest BCUT2D eigenvalue weighted by molar-refractivity contribution is 0.102. The van der Waals surface area contributed by atoms with Gasteiger partial charge in [-0.1, -0.05) is 49.7 Å². The first kappa shape index (κ1) is 23.8. The molecule has 1 N–H and O–H groups in total. The highest BCUT2D eigenvalue weighted by Gasteiger charge is 2.34. The first-order valence-corrected chi connectivity index (χ1v) is 11.7. The topological polar surface area (TPSA) is 50.8 Å². The molecule has 2 aromatic rings. The van der Waals surface area contributed by atoms with Gasteiger partial charge in [0.15, 0.2) is 22.4 Å². The van der Waals surface area contributed by atoms with Crippen molar-refractivity contribution in [2.45, 2.75) is 46.6 Å². The van der Waals surface area contributed by atoms with E-state index in [0.717, 1.165) is 24.1 Å². The summed E-state index contributed by atoms with van der Waals surface area (Å²) in [7, 11) is 0. The molecule has 1 aliphatic heterocycles. The molecule has 0 radical (unpaired) electrons. The SMILES string of the molecule is CCCCOc1ccc(C2NC(=S)N(CC)C(C)=C2C(=O)c2ccccc2)cc1OCC. The smallest absolute Gasteiger partial charge is 0.193 e. The first-order chi connectivity index (χ1) is 15.5. The molecule has 0 bridgehead atoms. The van der Waals surface area contributed by atoms with Crippen molar-refractivity contribution in [1.29, 1.82) is 0 Å². The van der Waals surface area contributed by atoms with Crippen molar-refractivity contribution < 1.29 is 14.3 Å². The second kappa shape index (κ2) is 11.1. The number of carbonyl (C=O) groups excluding carboxylic acids is 1. The summed E-state index contributed by atoms with van der Waals surface area (Å²) < 4.78 is 11.8. The van der Waals surface area contributed by atoms with Gasteiger partial charge in [-0.25, -0.2) is 0 Å². The third-order valence-corrected chi connectivity index (χ3v) is 5.89. The van der Waals surface area contributed by atoms with Gasteiger partial charge in [0.25, 0.3) is 0 Å². The predicted molar refractivity (Wildman–Crippen MR) is 132 cm³/mol. The number of Topliss-reactive ketones (excluding diaryl/α,β-unsaturated/α-hetero) is 1. The van der Waals surface area contributed by atoms with Crippen molar-refractivity contribution >= 4 is 23.1 Å². The Morgan fingerprint density at radius 2 is 1.81 bits per heavy atom. The lowest BCUT2D eigenvalue weighted by Gasteiger charge is -2.37. The Balaban J connectivity index is 2.05. The Kier molecular flexibility index (Phi) is 8.28. The van der Waals surface area contributed by atoms with Crippen LogP contribution in [0.2, 0.25) is 0 Å². The van der Waals surface area contributed by atoms with E-state index in [0.29, 0.717) is 47.5 Å². The summed E-state index contributed by atoms with van der Waals surface area (Å²) in [6.07, 6.45) is 2.05. The molecule has 6 heteroatoms. The molecule has 0 aromatic heterocycles. The van der Waals surface area contributed by atoms with Crippen LogP contribution in [0, 0.1) is 0 Å². The number of nitrogens with one attached hydrogen (secondary N) is 1. The lowest BCUT2D eigenvalue weighted by Crippen LogP contribution is -2.47. The predicted octanol–water partition coefficient (Wildman–Crippen LogP) is 5.67. The second-order valence-corrected chi connectivity index (χ2v) is 8.05. The van der Waals surface area contributed by atoms with E-state index in [1.165, 1.54) is 0 Å². The monoisotopic (exact) mass is 452 g/mol. The van der Waals surface area contributed by atoms with Gasteiger partial charge in [-0.05, 0) is 57.1 Å². The van der Waals surface area contributed by atoms with Crippen LogP contribution in [0.25, 0.3) is 0 Å². The number of thiocarbonyl (C=S) groups is 1. The number of hydrogen-bond acceptors (Lipinski definition) is 4. The molecule has 32 heavy (non-hydrogen) atoms. The maximum atomic E-state index is 13.6. The van der Waals surface area contributed by atoms with Gasteiger partial charge >= 0.3 is 0 Å². The summed E-state index contributed by atoms with van der Waals surface area (Å²) in [4.78, 5) is 15.6. The zero-order valence-electron chi connectivity index (χ0n) is 19.3. The zero-order chi connectivity index (χ0) is 23.1. The van der Waals surface area contributed by atoms with E-state index in [4.69, 9.17) is 21.7 Å². The van der Waals surface area contributed by atoms with Gasteiger partial charge < -0.3 is 19.7 Å². The van der Waals surface area contributed by atoms with Crippen molar-refractivity contribution in [2.24, 2.45) is 0 Å². The van der Waals surface area contributed by atoms with Gasteiger partial charge in [0.2, 0.25) is 0 Å². The van der Waals surface area contributed by atoms with E-state index in [1.54, 1.807) is 0 Å². The van der Waals surface area contributed by atoms with Crippen LogP contribution in [0.1, 0.15) is 62.5 Å². The molecular formula is C26H32N2O3S. The number of benzene rings is 2. The minimum Gasteiger partial charge on any atom is -0.490 e. The van der Waals surface area contributed by atoms with E-state index in [2.05, 4.69) is 12.2 Å². The van der Waals surface area contributed by atoms with Crippen LogP contribution in [0.5, 0.6) is 11.5 Å². The summed E-state index contributed by atoms with van der Waals surface area (Å²) in [5.41, 5.74) is 3.13. The molecule has 3 rings (SSSR count). The van der Waals surface area contributed by atoms with Crippen molar-refractivity contribution in [3.05, 3.63) is 70.9 Å². The van der Waals surface area contributed by atoms with Crippen LogP contribution in [0.4, 0.5) is 0 Å². The molecule has 0 saturated heterocycles. The highest BCUT2D eigenvalue weighted by molar-refractivity contribution is 7.80. The maximum Gasteiger partial charge on any atom is 0.193 e. The third kappa shape index (κ3) is 5.13. The minimum absolute atomic E-state index is 0.0113. The number of rotatable bonds is 10. The van der Waals surface area contributed by atoms with Gasteiger partial charge in [-0.2, -0.15) is 0 Å². The summed E-state index contributed by atoms with van der Waals surface area (Å²) in [6, 6.07) is 14.9.